The zero-order chi connectivity index (χ0) is 20.9. The Morgan fingerprint density at radius 2 is 1.93 bits per heavy atom. The summed E-state index contributed by atoms with van der Waals surface area (Å²) in [6.07, 6.45) is 2.48. The molecule has 30 heavy (non-hydrogen) atoms. The summed E-state index contributed by atoms with van der Waals surface area (Å²) in [6, 6.07) is 14.2. The van der Waals surface area contributed by atoms with Gasteiger partial charge in [-0.1, -0.05) is 37.3 Å². The van der Waals surface area contributed by atoms with Crippen LogP contribution in [0.2, 0.25) is 0 Å². The van der Waals surface area contributed by atoms with Crippen LogP contribution in [0, 0.1) is 5.92 Å². The molecular formula is C24H31N3O3. The van der Waals surface area contributed by atoms with Gasteiger partial charge < -0.3 is 19.0 Å². The quantitative estimate of drug-likeness (QED) is 0.574. The van der Waals surface area contributed by atoms with Gasteiger partial charge in [-0.25, -0.2) is 0 Å². The van der Waals surface area contributed by atoms with Crippen molar-refractivity contribution < 1.29 is 13.9 Å². The van der Waals surface area contributed by atoms with E-state index >= 15 is 0 Å². The fraction of sp³-hybridized carbons (Fsp3) is 0.458. The molecule has 3 heterocycles. The van der Waals surface area contributed by atoms with Gasteiger partial charge >= 0.3 is 0 Å². The van der Waals surface area contributed by atoms with Gasteiger partial charge in [0, 0.05) is 32.3 Å². The van der Waals surface area contributed by atoms with E-state index in [9.17, 15) is 4.79 Å². The number of likely N-dealkylation sites (tertiary alicyclic amines) is 1. The molecule has 0 saturated carbocycles. The number of methoxy groups -OCH3 is 1. The van der Waals surface area contributed by atoms with E-state index < -0.39 is 0 Å². The van der Waals surface area contributed by atoms with Crippen LogP contribution in [0.15, 0.2) is 46.9 Å². The lowest BCUT2D eigenvalue weighted by molar-refractivity contribution is 0.0928. The van der Waals surface area contributed by atoms with E-state index in [0.29, 0.717) is 25.4 Å². The maximum atomic E-state index is 12.8. The fourth-order valence-electron chi connectivity index (χ4n) is 4.09. The number of rotatable bonds is 8. The van der Waals surface area contributed by atoms with Crippen molar-refractivity contribution in [3.8, 4) is 0 Å². The smallest absolute Gasteiger partial charge is 0.268 e. The van der Waals surface area contributed by atoms with E-state index in [4.69, 9.17) is 9.15 Å². The van der Waals surface area contributed by atoms with Gasteiger partial charge in [0.2, 0.25) is 0 Å². The number of nitrogens with one attached hydrogen (secondary N) is 1. The maximum Gasteiger partial charge on any atom is 0.268 e. The third-order valence-corrected chi connectivity index (χ3v) is 5.90. The number of benzene rings is 1. The van der Waals surface area contributed by atoms with Crippen LogP contribution in [0.3, 0.4) is 0 Å². The lowest BCUT2D eigenvalue weighted by Crippen LogP contribution is -2.32. The van der Waals surface area contributed by atoms with Gasteiger partial charge in [0.05, 0.1) is 18.7 Å². The van der Waals surface area contributed by atoms with Crippen molar-refractivity contribution >= 4 is 17.0 Å². The van der Waals surface area contributed by atoms with Crippen LogP contribution in [0.25, 0.3) is 11.1 Å². The second-order valence-corrected chi connectivity index (χ2v) is 8.27. The predicted octanol–water partition coefficient (Wildman–Crippen LogP) is 3.89. The van der Waals surface area contributed by atoms with Gasteiger partial charge in [-0.05, 0) is 37.4 Å². The molecule has 1 amide bonds. The number of aromatic nitrogens is 1. The van der Waals surface area contributed by atoms with Crippen molar-refractivity contribution in [3.63, 3.8) is 0 Å². The molecule has 6 heteroatoms. The highest BCUT2D eigenvalue weighted by atomic mass is 16.5. The second-order valence-electron chi connectivity index (χ2n) is 8.27. The average Bonchev–Trinajstić information content (AvgIpc) is 3.29. The van der Waals surface area contributed by atoms with Crippen molar-refractivity contribution in [1.82, 2.24) is 14.8 Å². The number of carbonyl (C=O) groups excluding carboxylic acids is 1. The number of fused-ring (bicyclic) bond motifs is 1. The highest BCUT2D eigenvalue weighted by Crippen LogP contribution is 2.27. The van der Waals surface area contributed by atoms with E-state index in [1.165, 1.54) is 12.8 Å². The Morgan fingerprint density at radius 1 is 1.17 bits per heavy atom. The molecule has 0 radical (unpaired) electrons. The molecule has 1 saturated heterocycles. The minimum atomic E-state index is -0.110. The minimum absolute atomic E-state index is 0.110. The number of hydrogen-bond donors (Lipinski definition) is 1. The van der Waals surface area contributed by atoms with Crippen molar-refractivity contribution in [1.29, 1.82) is 0 Å². The summed E-state index contributed by atoms with van der Waals surface area (Å²) in [5, 5.41) is 2.93. The molecule has 0 atom stereocenters. The first-order valence-electron chi connectivity index (χ1n) is 10.8. The fourth-order valence-corrected chi connectivity index (χ4v) is 4.09. The van der Waals surface area contributed by atoms with Gasteiger partial charge in [-0.15, -0.1) is 0 Å². The number of amides is 1. The van der Waals surface area contributed by atoms with Gasteiger partial charge in [-0.3, -0.25) is 9.69 Å². The SMILES string of the molecule is COCCNC(=O)c1cc2oc(CN3CCC(C)CC3)cc2n1Cc1ccccc1. The molecule has 160 valence electrons. The van der Waals surface area contributed by atoms with Crippen LogP contribution in [-0.4, -0.2) is 48.7 Å². The molecule has 1 fully saturated rings. The molecule has 2 aromatic heterocycles. The normalized spacial score (nSPS) is 15.7. The van der Waals surface area contributed by atoms with Gasteiger partial charge in [-0.2, -0.15) is 0 Å². The molecule has 1 aliphatic heterocycles. The van der Waals surface area contributed by atoms with E-state index in [2.05, 4.69) is 39.9 Å². The molecule has 0 bridgehead atoms. The standard InChI is InChI=1S/C24H31N3O3/c1-18-8-11-26(12-9-18)17-20-14-21-23(30-20)15-22(24(28)25-10-13-29-2)27(21)16-19-6-4-3-5-7-19/h3-7,14-15,18H,8-13,16-17H2,1-2H3,(H,25,28). The number of piperidine rings is 1. The van der Waals surface area contributed by atoms with Crippen LogP contribution >= 0.6 is 0 Å². The Morgan fingerprint density at radius 3 is 2.67 bits per heavy atom. The zero-order valence-electron chi connectivity index (χ0n) is 17.9. The van der Waals surface area contributed by atoms with E-state index in [0.717, 1.165) is 48.0 Å². The van der Waals surface area contributed by atoms with Crippen LogP contribution in [0.5, 0.6) is 0 Å². The Balaban J connectivity index is 1.59. The highest BCUT2D eigenvalue weighted by Gasteiger charge is 2.21. The number of hydrogen-bond acceptors (Lipinski definition) is 4. The molecule has 3 aromatic rings. The van der Waals surface area contributed by atoms with E-state index in [1.807, 2.05) is 24.3 Å². The number of nitrogens with zero attached hydrogens (tertiary/aromatic N) is 2. The summed E-state index contributed by atoms with van der Waals surface area (Å²) in [6.45, 7) is 6.96. The van der Waals surface area contributed by atoms with Crippen molar-refractivity contribution in [2.45, 2.75) is 32.9 Å². The van der Waals surface area contributed by atoms with Crippen molar-refractivity contribution in [3.05, 3.63) is 59.5 Å². The maximum absolute atomic E-state index is 12.8. The molecule has 4 rings (SSSR count). The minimum Gasteiger partial charge on any atom is -0.458 e. The summed E-state index contributed by atoms with van der Waals surface area (Å²) < 4.78 is 13.3. The predicted molar refractivity (Wildman–Crippen MR) is 118 cm³/mol. The molecule has 0 spiro atoms. The topological polar surface area (TPSA) is 59.6 Å². The Hall–Kier alpha value is -2.57. The molecule has 1 N–H and O–H groups in total. The number of furan rings is 1. The first-order valence-corrected chi connectivity index (χ1v) is 10.8. The van der Waals surface area contributed by atoms with Gasteiger partial charge in [0.15, 0.2) is 5.58 Å². The van der Waals surface area contributed by atoms with Gasteiger partial charge in [0.1, 0.15) is 11.5 Å². The summed E-state index contributed by atoms with van der Waals surface area (Å²) in [5.41, 5.74) is 3.50. The molecule has 0 unspecified atom stereocenters. The molecule has 0 aliphatic carbocycles. The molecule has 6 nitrogen and oxygen atoms in total. The Bertz CT molecular complexity index is 968. The molecular weight excluding hydrogens is 378 g/mol. The van der Waals surface area contributed by atoms with Crippen LogP contribution in [0.1, 0.15) is 41.6 Å². The summed E-state index contributed by atoms with van der Waals surface area (Å²) in [7, 11) is 1.63. The van der Waals surface area contributed by atoms with Crippen LogP contribution in [-0.2, 0) is 17.8 Å². The summed E-state index contributed by atoms with van der Waals surface area (Å²) in [5.74, 6) is 1.66. The average molecular weight is 410 g/mol. The van der Waals surface area contributed by atoms with E-state index in [-0.39, 0.29) is 5.91 Å². The lowest BCUT2D eigenvalue weighted by Gasteiger charge is -2.29. The monoisotopic (exact) mass is 409 g/mol. The van der Waals surface area contributed by atoms with Crippen molar-refractivity contribution in [2.75, 3.05) is 33.4 Å². The Labute approximate surface area is 177 Å². The summed E-state index contributed by atoms with van der Waals surface area (Å²) in [4.78, 5) is 15.2. The van der Waals surface area contributed by atoms with Crippen LogP contribution in [0.4, 0.5) is 0 Å². The lowest BCUT2D eigenvalue weighted by atomic mass is 9.99. The number of carbonyl (C=O) groups is 1. The largest absolute Gasteiger partial charge is 0.458 e. The zero-order valence-corrected chi connectivity index (χ0v) is 17.9. The summed E-state index contributed by atoms with van der Waals surface area (Å²) >= 11 is 0. The Kier molecular flexibility index (Phi) is 6.55. The highest BCUT2D eigenvalue weighted by molar-refractivity contribution is 5.97. The third kappa shape index (κ3) is 4.77. The first kappa shape index (κ1) is 20.7. The molecule has 1 aromatic carbocycles. The number of ether oxygens (including phenoxy) is 1. The van der Waals surface area contributed by atoms with Crippen molar-refractivity contribution in [2.24, 2.45) is 5.92 Å². The second kappa shape index (κ2) is 9.49. The third-order valence-electron chi connectivity index (χ3n) is 5.90. The van der Waals surface area contributed by atoms with Crippen LogP contribution < -0.4 is 5.32 Å². The first-order chi connectivity index (χ1) is 14.6. The van der Waals surface area contributed by atoms with E-state index in [1.54, 1.807) is 7.11 Å². The molecule has 1 aliphatic rings. The van der Waals surface area contributed by atoms with Gasteiger partial charge in [0.25, 0.3) is 5.91 Å².